The van der Waals surface area contributed by atoms with E-state index in [1.54, 1.807) is 52.8 Å². The van der Waals surface area contributed by atoms with Crippen molar-refractivity contribution in [2.75, 3.05) is 13.2 Å². The van der Waals surface area contributed by atoms with Gasteiger partial charge in [-0.05, 0) is 75.1 Å². The quantitative estimate of drug-likeness (QED) is 0.122. The number of amides is 2. The van der Waals surface area contributed by atoms with Crippen LogP contribution in [-0.4, -0.2) is 113 Å². The summed E-state index contributed by atoms with van der Waals surface area (Å²) in [6.07, 6.45) is -0.307. The summed E-state index contributed by atoms with van der Waals surface area (Å²) in [7, 11) is 0. The molecule has 2 saturated heterocycles. The zero-order valence-corrected chi connectivity index (χ0v) is 35.1. The molecule has 2 aromatic rings. The van der Waals surface area contributed by atoms with Gasteiger partial charge in [0.1, 0.15) is 36.6 Å². The second-order valence-corrected chi connectivity index (χ2v) is 17.6. The standard InChI is InChI=1S/C45H54N2O14/c1-25(49)36(40(53)46-31(23-48)15-17-35(51)60-43(2,3)4)47-39(52)30-19-32(37-33(20-30)59-45(61-37)21-28-11-7-8-12-29(28)22-45)57-41(54)27-13-9-10-26(18-27)14-16-34(50)58-38-42(55)56-24-44(38,5)6/h7-14,16,18,20,25,31-33,36-38,48-49H,15,17,19,21-24H2,1-6H3,(H,46,53)(H,47,52)/t25-,31-,32+,33+,36+,37-,38-/m0/s1. The van der Waals surface area contributed by atoms with Gasteiger partial charge in [0.15, 0.2) is 5.79 Å². The van der Waals surface area contributed by atoms with Crippen molar-refractivity contribution in [1.82, 2.24) is 10.6 Å². The summed E-state index contributed by atoms with van der Waals surface area (Å²) in [5, 5.41) is 25.7. The van der Waals surface area contributed by atoms with Crippen LogP contribution in [0.25, 0.3) is 6.08 Å². The van der Waals surface area contributed by atoms with E-state index in [0.717, 1.165) is 17.2 Å². The lowest BCUT2D eigenvalue weighted by atomic mass is 9.90. The number of aliphatic hydroxyl groups is 2. The lowest BCUT2D eigenvalue weighted by molar-refractivity contribution is -0.172. The van der Waals surface area contributed by atoms with Gasteiger partial charge in [0.25, 0.3) is 0 Å². The number of aliphatic hydroxyl groups excluding tert-OH is 2. The maximum atomic E-state index is 13.9. The molecule has 4 aliphatic rings. The maximum absolute atomic E-state index is 13.9. The first-order valence-electron chi connectivity index (χ1n) is 20.4. The van der Waals surface area contributed by atoms with Crippen molar-refractivity contribution < 1.29 is 67.4 Å². The van der Waals surface area contributed by atoms with Gasteiger partial charge in [-0.3, -0.25) is 14.4 Å². The van der Waals surface area contributed by atoms with Gasteiger partial charge < -0.3 is 49.3 Å². The predicted octanol–water partition coefficient (Wildman–Crippen LogP) is 2.79. The van der Waals surface area contributed by atoms with Crippen molar-refractivity contribution >= 4 is 41.8 Å². The Bertz CT molecular complexity index is 2060. The van der Waals surface area contributed by atoms with E-state index in [0.29, 0.717) is 18.4 Å². The Kier molecular flexibility index (Phi) is 13.5. The van der Waals surface area contributed by atoms with Crippen LogP contribution in [0.3, 0.4) is 0 Å². The Morgan fingerprint density at radius 1 is 0.984 bits per heavy atom. The van der Waals surface area contributed by atoms with Gasteiger partial charge >= 0.3 is 23.9 Å². The van der Waals surface area contributed by atoms with Crippen LogP contribution < -0.4 is 10.6 Å². The minimum Gasteiger partial charge on any atom is -0.462 e. The Morgan fingerprint density at radius 3 is 2.31 bits per heavy atom. The number of fused-ring (bicyclic) bond motifs is 2. The molecule has 0 saturated carbocycles. The molecule has 2 heterocycles. The second kappa shape index (κ2) is 18.3. The van der Waals surface area contributed by atoms with Gasteiger partial charge in [-0.25, -0.2) is 14.4 Å². The Balaban J connectivity index is 1.16. The van der Waals surface area contributed by atoms with Gasteiger partial charge in [0, 0.05) is 42.7 Å². The summed E-state index contributed by atoms with van der Waals surface area (Å²) in [5.74, 6) is -5.26. The average molecular weight is 847 g/mol. The van der Waals surface area contributed by atoms with Crippen LogP contribution in [0.15, 0.2) is 66.3 Å². The average Bonchev–Trinajstić information content (AvgIpc) is 3.83. The van der Waals surface area contributed by atoms with Gasteiger partial charge in [0.05, 0.1) is 24.3 Å². The monoisotopic (exact) mass is 846 g/mol. The van der Waals surface area contributed by atoms with Crippen molar-refractivity contribution in [3.63, 3.8) is 0 Å². The largest absolute Gasteiger partial charge is 0.462 e. The smallest absolute Gasteiger partial charge is 0.348 e. The summed E-state index contributed by atoms with van der Waals surface area (Å²) in [5.41, 5.74) is 1.38. The van der Waals surface area contributed by atoms with Crippen LogP contribution in [0, 0.1) is 5.41 Å². The molecule has 0 unspecified atom stereocenters. The molecule has 2 fully saturated rings. The molecule has 2 aliphatic carbocycles. The molecule has 16 heteroatoms. The Hall–Kier alpha value is -5.42. The molecule has 2 amide bonds. The number of carbonyl (C=O) groups excluding carboxylic acids is 6. The normalized spacial score (nSPS) is 23.8. The van der Waals surface area contributed by atoms with Crippen LogP contribution >= 0.6 is 0 Å². The lowest BCUT2D eigenvalue weighted by Crippen LogP contribution is -2.55. The molecule has 1 spiro atoms. The number of nitrogens with one attached hydrogen (secondary N) is 2. The van der Waals surface area contributed by atoms with Crippen molar-refractivity contribution in [3.8, 4) is 0 Å². The summed E-state index contributed by atoms with van der Waals surface area (Å²) in [6.45, 7) is 9.61. The van der Waals surface area contributed by atoms with Crippen molar-refractivity contribution in [1.29, 1.82) is 0 Å². The fraction of sp³-hybridized carbons (Fsp3) is 0.511. The minimum absolute atomic E-state index is 0.0461. The fourth-order valence-electron chi connectivity index (χ4n) is 7.72. The number of cyclic esters (lactones) is 1. The Morgan fingerprint density at radius 2 is 1.69 bits per heavy atom. The molecule has 0 radical (unpaired) electrons. The molecule has 0 aromatic heterocycles. The van der Waals surface area contributed by atoms with Gasteiger partial charge in [-0.15, -0.1) is 0 Å². The summed E-state index contributed by atoms with van der Waals surface area (Å²) in [6, 6.07) is 11.7. The van der Waals surface area contributed by atoms with Crippen LogP contribution in [0.5, 0.6) is 0 Å². The summed E-state index contributed by atoms with van der Waals surface area (Å²) < 4.78 is 34.9. The third-order valence-electron chi connectivity index (χ3n) is 10.8. The molecular formula is C45H54N2O14. The van der Waals surface area contributed by atoms with E-state index in [2.05, 4.69) is 10.6 Å². The predicted molar refractivity (Wildman–Crippen MR) is 216 cm³/mol. The second-order valence-electron chi connectivity index (χ2n) is 17.6. The number of rotatable bonds is 14. The molecule has 4 N–H and O–H groups in total. The molecule has 16 nitrogen and oxygen atoms in total. The van der Waals surface area contributed by atoms with Crippen LogP contribution in [0.4, 0.5) is 0 Å². The van der Waals surface area contributed by atoms with E-state index in [-0.39, 0.29) is 37.0 Å². The number of benzene rings is 2. The number of ether oxygens (including phenoxy) is 6. The molecule has 0 bridgehead atoms. The third-order valence-corrected chi connectivity index (χ3v) is 10.8. The molecule has 6 rings (SSSR count). The van der Waals surface area contributed by atoms with E-state index >= 15 is 0 Å². The Labute approximate surface area is 353 Å². The van der Waals surface area contributed by atoms with E-state index in [9.17, 15) is 39.0 Å². The van der Waals surface area contributed by atoms with E-state index < -0.39 is 102 Å². The number of carbonyl (C=O) groups is 6. The van der Waals surface area contributed by atoms with Gasteiger partial charge in [-0.2, -0.15) is 0 Å². The minimum atomic E-state index is -1.47. The van der Waals surface area contributed by atoms with E-state index in [1.807, 2.05) is 24.3 Å². The first-order chi connectivity index (χ1) is 28.7. The molecule has 61 heavy (non-hydrogen) atoms. The van der Waals surface area contributed by atoms with Gasteiger partial charge in [0.2, 0.25) is 17.9 Å². The number of esters is 4. The van der Waals surface area contributed by atoms with E-state index in [1.165, 1.54) is 25.1 Å². The van der Waals surface area contributed by atoms with Crippen LogP contribution in [-0.2, 0) is 65.2 Å². The zero-order valence-electron chi connectivity index (χ0n) is 35.1. The number of hydrogen-bond donors (Lipinski definition) is 4. The van der Waals surface area contributed by atoms with E-state index in [4.69, 9.17) is 28.4 Å². The topological polar surface area (TPSA) is 222 Å². The van der Waals surface area contributed by atoms with Gasteiger partial charge in [-0.1, -0.05) is 50.2 Å². The summed E-state index contributed by atoms with van der Waals surface area (Å²) in [4.78, 5) is 78.1. The molecule has 7 atom stereocenters. The van der Waals surface area contributed by atoms with Crippen LogP contribution in [0.1, 0.15) is 87.9 Å². The highest BCUT2D eigenvalue weighted by Crippen LogP contribution is 2.45. The fourth-order valence-corrected chi connectivity index (χ4v) is 7.72. The molecule has 328 valence electrons. The number of hydrogen-bond acceptors (Lipinski definition) is 14. The lowest BCUT2D eigenvalue weighted by Gasteiger charge is -2.31. The van der Waals surface area contributed by atoms with Crippen molar-refractivity contribution in [2.45, 2.75) is 128 Å². The first-order valence-corrected chi connectivity index (χ1v) is 20.4. The first kappa shape index (κ1) is 45.1. The highest BCUT2D eigenvalue weighted by Gasteiger charge is 2.55. The highest BCUT2D eigenvalue weighted by molar-refractivity contribution is 5.98. The molecule has 2 aromatic carbocycles. The zero-order chi connectivity index (χ0) is 44.3. The highest BCUT2D eigenvalue weighted by atomic mass is 16.8. The van der Waals surface area contributed by atoms with Crippen molar-refractivity contribution in [2.24, 2.45) is 5.41 Å². The molecule has 2 aliphatic heterocycles. The third kappa shape index (κ3) is 11.1. The van der Waals surface area contributed by atoms with Crippen molar-refractivity contribution in [3.05, 3.63) is 88.5 Å². The summed E-state index contributed by atoms with van der Waals surface area (Å²) >= 11 is 0. The molecular weight excluding hydrogens is 792 g/mol. The van der Waals surface area contributed by atoms with Crippen LogP contribution in [0.2, 0.25) is 0 Å². The SMILES string of the molecule is C[C@H](O)[C@@H](NC(=O)C1=C[C@H]2OC3(Cc4ccccc4C3)O[C@H]2[C@H](OC(=O)c2cccc(C=CC(=O)O[C@H]3C(=O)OCC3(C)C)c2)C1)C(=O)N[C@H](CO)CCC(=O)OC(C)(C)C. The maximum Gasteiger partial charge on any atom is 0.348 e.